The van der Waals surface area contributed by atoms with Crippen LogP contribution in [0, 0.1) is 19.7 Å². The van der Waals surface area contributed by atoms with Gasteiger partial charge in [-0.3, -0.25) is 0 Å². The first kappa shape index (κ1) is 17.4. The molecule has 7 heteroatoms. The Kier molecular flexibility index (Phi) is 4.20. The zero-order chi connectivity index (χ0) is 18.6. The highest BCUT2D eigenvalue weighted by molar-refractivity contribution is 9.10. The molecule has 0 atom stereocenters. The number of halogens is 3. The predicted molar refractivity (Wildman–Crippen MR) is 103 cm³/mol. The van der Waals surface area contributed by atoms with Crippen molar-refractivity contribution in [1.29, 1.82) is 0 Å². The van der Waals surface area contributed by atoms with E-state index in [0.717, 1.165) is 10.9 Å². The van der Waals surface area contributed by atoms with E-state index in [-0.39, 0.29) is 12.5 Å². The van der Waals surface area contributed by atoms with Gasteiger partial charge in [-0.2, -0.15) is 0 Å². The first-order valence-electron chi connectivity index (χ1n) is 7.95. The summed E-state index contributed by atoms with van der Waals surface area (Å²) < 4.78 is 26.3. The standard InChI is InChI=1S/C19H14BrClFNO3/c1-9-10(2)19(24)26-17-12(9)6-14(21)18-13(17)7-23(8-25-18)16-4-3-11(20)5-15(16)22/h3-6H,7-8H2,1-2H3. The number of ether oxygens (including phenoxy) is 1. The molecule has 134 valence electrons. The summed E-state index contributed by atoms with van der Waals surface area (Å²) in [7, 11) is 0. The van der Waals surface area contributed by atoms with Crippen LogP contribution in [-0.2, 0) is 6.54 Å². The Morgan fingerprint density at radius 3 is 2.73 bits per heavy atom. The second-order valence-corrected chi connectivity index (χ2v) is 7.57. The third kappa shape index (κ3) is 2.68. The zero-order valence-electron chi connectivity index (χ0n) is 14.0. The Hall–Kier alpha value is -2.05. The van der Waals surface area contributed by atoms with Crippen LogP contribution in [0.1, 0.15) is 16.7 Å². The number of nitrogens with zero attached hydrogens (tertiary/aromatic N) is 1. The molecule has 26 heavy (non-hydrogen) atoms. The van der Waals surface area contributed by atoms with Crippen LogP contribution >= 0.6 is 27.5 Å². The Morgan fingerprint density at radius 2 is 2.00 bits per heavy atom. The molecule has 1 aromatic heterocycles. The molecule has 1 aliphatic rings. The van der Waals surface area contributed by atoms with E-state index in [4.69, 9.17) is 20.8 Å². The summed E-state index contributed by atoms with van der Waals surface area (Å²) in [6.07, 6.45) is 0. The molecule has 0 saturated heterocycles. The van der Waals surface area contributed by atoms with Gasteiger partial charge in [-0.05, 0) is 43.7 Å². The molecule has 0 saturated carbocycles. The summed E-state index contributed by atoms with van der Waals surface area (Å²) in [5.74, 6) is 0.102. The number of hydrogen-bond acceptors (Lipinski definition) is 4. The fraction of sp³-hybridized carbons (Fsp3) is 0.211. The van der Waals surface area contributed by atoms with Gasteiger partial charge in [0, 0.05) is 15.4 Å². The van der Waals surface area contributed by atoms with Crippen LogP contribution in [0.2, 0.25) is 5.02 Å². The van der Waals surface area contributed by atoms with Crippen molar-refractivity contribution in [3.8, 4) is 5.75 Å². The van der Waals surface area contributed by atoms with E-state index in [9.17, 15) is 9.18 Å². The number of fused-ring (bicyclic) bond motifs is 3. The second-order valence-electron chi connectivity index (χ2n) is 6.25. The third-order valence-electron chi connectivity index (χ3n) is 4.71. The molecule has 0 amide bonds. The Morgan fingerprint density at radius 1 is 1.23 bits per heavy atom. The molecule has 0 radical (unpaired) electrons. The lowest BCUT2D eigenvalue weighted by molar-refractivity contribution is 0.287. The van der Waals surface area contributed by atoms with E-state index in [1.54, 1.807) is 30.0 Å². The van der Waals surface area contributed by atoms with E-state index < -0.39 is 5.63 Å². The van der Waals surface area contributed by atoms with Crippen molar-refractivity contribution in [2.75, 3.05) is 11.6 Å². The molecule has 4 rings (SSSR count). The Labute approximate surface area is 162 Å². The van der Waals surface area contributed by atoms with Gasteiger partial charge in [0.05, 0.1) is 22.8 Å². The lowest BCUT2D eigenvalue weighted by atomic mass is 10.0. The predicted octanol–water partition coefficient (Wildman–Crippen LogP) is 5.32. The van der Waals surface area contributed by atoms with Gasteiger partial charge in [-0.1, -0.05) is 27.5 Å². The molecule has 0 aliphatic carbocycles. The summed E-state index contributed by atoms with van der Waals surface area (Å²) in [6.45, 7) is 4.03. The molecule has 0 bridgehead atoms. The maximum absolute atomic E-state index is 14.4. The molecule has 3 aromatic rings. The molecule has 2 aromatic carbocycles. The van der Waals surface area contributed by atoms with Crippen molar-refractivity contribution in [1.82, 2.24) is 0 Å². The van der Waals surface area contributed by atoms with Crippen molar-refractivity contribution < 1.29 is 13.5 Å². The maximum Gasteiger partial charge on any atom is 0.339 e. The number of rotatable bonds is 1. The topological polar surface area (TPSA) is 42.7 Å². The van der Waals surface area contributed by atoms with Crippen LogP contribution in [0.15, 0.2) is 37.9 Å². The van der Waals surface area contributed by atoms with E-state index in [1.807, 2.05) is 6.92 Å². The molecular weight excluding hydrogens is 425 g/mol. The van der Waals surface area contributed by atoms with Crippen LogP contribution in [-0.4, -0.2) is 6.73 Å². The molecule has 4 nitrogen and oxygen atoms in total. The fourth-order valence-corrected chi connectivity index (χ4v) is 3.77. The average Bonchev–Trinajstić information content (AvgIpc) is 2.61. The van der Waals surface area contributed by atoms with Crippen LogP contribution in [0.3, 0.4) is 0 Å². The highest BCUT2D eigenvalue weighted by atomic mass is 79.9. The first-order chi connectivity index (χ1) is 12.4. The molecule has 0 spiro atoms. The van der Waals surface area contributed by atoms with Gasteiger partial charge in [0.2, 0.25) is 0 Å². The Balaban J connectivity index is 1.90. The smallest absolute Gasteiger partial charge is 0.339 e. The van der Waals surface area contributed by atoms with Crippen molar-refractivity contribution in [3.63, 3.8) is 0 Å². The number of benzene rings is 2. The average molecular weight is 439 g/mol. The van der Waals surface area contributed by atoms with Crippen LogP contribution in [0.4, 0.5) is 10.1 Å². The largest absolute Gasteiger partial charge is 0.471 e. The normalized spacial score (nSPS) is 13.7. The SMILES string of the molecule is Cc1c(C)c2cc(Cl)c3c(c2oc1=O)CN(c1ccc(Br)cc1F)CO3. The van der Waals surface area contributed by atoms with Gasteiger partial charge < -0.3 is 14.1 Å². The summed E-state index contributed by atoms with van der Waals surface area (Å²) in [4.78, 5) is 13.9. The molecule has 0 unspecified atom stereocenters. The Bertz CT molecular complexity index is 1110. The van der Waals surface area contributed by atoms with Crippen molar-refractivity contribution >= 4 is 44.2 Å². The van der Waals surface area contributed by atoms with Crippen molar-refractivity contribution in [2.45, 2.75) is 20.4 Å². The van der Waals surface area contributed by atoms with Crippen LogP contribution in [0.5, 0.6) is 5.75 Å². The van der Waals surface area contributed by atoms with Crippen LogP contribution < -0.4 is 15.3 Å². The van der Waals surface area contributed by atoms with E-state index in [1.165, 1.54) is 6.07 Å². The van der Waals surface area contributed by atoms with Gasteiger partial charge in [0.1, 0.15) is 17.1 Å². The minimum Gasteiger partial charge on any atom is -0.471 e. The summed E-state index contributed by atoms with van der Waals surface area (Å²) in [5, 5.41) is 1.20. The van der Waals surface area contributed by atoms with Crippen LogP contribution in [0.25, 0.3) is 11.0 Å². The van der Waals surface area contributed by atoms with Gasteiger partial charge in [-0.25, -0.2) is 9.18 Å². The zero-order valence-corrected chi connectivity index (χ0v) is 16.4. The van der Waals surface area contributed by atoms with E-state index in [0.29, 0.717) is 44.2 Å². The minimum absolute atomic E-state index is 0.145. The van der Waals surface area contributed by atoms with Crippen molar-refractivity contribution in [3.05, 3.63) is 66.7 Å². The molecule has 0 N–H and O–H groups in total. The number of aryl methyl sites for hydroxylation is 1. The van der Waals surface area contributed by atoms with Gasteiger partial charge in [0.25, 0.3) is 0 Å². The van der Waals surface area contributed by atoms with Gasteiger partial charge in [0.15, 0.2) is 6.73 Å². The van der Waals surface area contributed by atoms with Crippen molar-refractivity contribution in [2.24, 2.45) is 0 Å². The molecular formula is C19H14BrClFNO3. The first-order valence-corrected chi connectivity index (χ1v) is 9.12. The molecule has 1 aliphatic heterocycles. The summed E-state index contributed by atoms with van der Waals surface area (Å²) >= 11 is 9.64. The minimum atomic E-state index is -0.397. The highest BCUT2D eigenvalue weighted by Crippen LogP contribution is 2.41. The maximum atomic E-state index is 14.4. The summed E-state index contributed by atoms with van der Waals surface area (Å²) in [6, 6.07) is 6.58. The monoisotopic (exact) mass is 437 g/mol. The van der Waals surface area contributed by atoms with Gasteiger partial charge in [-0.15, -0.1) is 0 Å². The van der Waals surface area contributed by atoms with E-state index >= 15 is 0 Å². The quantitative estimate of drug-likeness (QED) is 0.482. The summed E-state index contributed by atoms with van der Waals surface area (Å²) in [5.41, 5.74) is 2.43. The molecule has 2 heterocycles. The number of hydrogen-bond donors (Lipinski definition) is 0. The van der Waals surface area contributed by atoms with Gasteiger partial charge >= 0.3 is 5.63 Å². The fourth-order valence-electron chi connectivity index (χ4n) is 3.16. The molecule has 0 fully saturated rings. The highest BCUT2D eigenvalue weighted by Gasteiger charge is 2.27. The lowest BCUT2D eigenvalue weighted by Crippen LogP contribution is -2.33. The number of anilines is 1. The lowest BCUT2D eigenvalue weighted by Gasteiger charge is -2.32. The van der Waals surface area contributed by atoms with E-state index in [2.05, 4.69) is 15.9 Å². The third-order valence-corrected chi connectivity index (χ3v) is 5.49. The second kappa shape index (κ2) is 6.28.